The van der Waals surface area contributed by atoms with Crippen LogP contribution in [-0.4, -0.2) is 23.3 Å². The van der Waals surface area contributed by atoms with Gasteiger partial charge in [0.1, 0.15) is 5.56 Å². The average molecular weight is 165 g/mol. The molecule has 0 radical (unpaired) electrons. The Morgan fingerprint density at radius 2 is 2.67 bits per heavy atom. The molecule has 0 aliphatic carbocycles. The molecule has 1 N–H and O–H groups in total. The lowest BCUT2D eigenvalue weighted by Crippen LogP contribution is -2.03. The van der Waals surface area contributed by atoms with E-state index in [0.29, 0.717) is 11.3 Å². The molecule has 0 spiro atoms. The second kappa shape index (κ2) is 3.53. The molecule has 0 atom stereocenters. The molecular weight excluding hydrogens is 158 g/mol. The van der Waals surface area contributed by atoms with Gasteiger partial charge in [-0.05, 0) is 0 Å². The number of carbonyl (C=O) groups excluding carboxylic acids is 1. The van der Waals surface area contributed by atoms with Crippen molar-refractivity contribution < 1.29 is 9.53 Å². The molecule has 0 amide bonds. The van der Waals surface area contributed by atoms with Crippen LogP contribution in [0.3, 0.4) is 0 Å². The Bertz CT molecular complexity index is 324. The molecule has 0 unspecified atom stereocenters. The standard InChI is InChI=1S/C7H7N3O2/c1-12-7(11)5-4-9-10-6(5)2-3-8/h4H,2H2,1H3,(H,9,10). The smallest absolute Gasteiger partial charge is 0.341 e. The van der Waals surface area contributed by atoms with Crippen molar-refractivity contribution in [3.63, 3.8) is 0 Å². The number of esters is 1. The monoisotopic (exact) mass is 165 g/mol. The number of hydrogen-bond acceptors (Lipinski definition) is 4. The van der Waals surface area contributed by atoms with Gasteiger partial charge in [0.05, 0.1) is 31.5 Å². The zero-order chi connectivity index (χ0) is 8.97. The quantitative estimate of drug-likeness (QED) is 0.637. The number of methoxy groups -OCH3 is 1. The fourth-order valence-electron chi connectivity index (χ4n) is 0.813. The molecule has 0 aliphatic rings. The number of aromatic amines is 1. The molecule has 1 aromatic rings. The van der Waals surface area contributed by atoms with Crippen molar-refractivity contribution in [1.82, 2.24) is 10.2 Å². The van der Waals surface area contributed by atoms with E-state index in [1.165, 1.54) is 13.3 Å². The van der Waals surface area contributed by atoms with Crippen LogP contribution in [0.25, 0.3) is 0 Å². The summed E-state index contributed by atoms with van der Waals surface area (Å²) < 4.78 is 4.47. The molecule has 5 nitrogen and oxygen atoms in total. The predicted molar refractivity (Wildman–Crippen MR) is 39.2 cm³/mol. The summed E-state index contributed by atoms with van der Waals surface area (Å²) in [6.07, 6.45) is 1.48. The maximum atomic E-state index is 11.0. The van der Waals surface area contributed by atoms with E-state index in [2.05, 4.69) is 14.9 Å². The van der Waals surface area contributed by atoms with E-state index < -0.39 is 5.97 Å². The third-order valence-corrected chi connectivity index (χ3v) is 1.38. The van der Waals surface area contributed by atoms with E-state index in [-0.39, 0.29) is 6.42 Å². The van der Waals surface area contributed by atoms with Gasteiger partial charge in [-0.2, -0.15) is 10.4 Å². The van der Waals surface area contributed by atoms with Gasteiger partial charge >= 0.3 is 5.97 Å². The minimum absolute atomic E-state index is 0.129. The number of carbonyl (C=O) groups is 1. The van der Waals surface area contributed by atoms with Crippen molar-refractivity contribution in [2.24, 2.45) is 0 Å². The maximum absolute atomic E-state index is 11.0. The van der Waals surface area contributed by atoms with Crippen molar-refractivity contribution in [3.8, 4) is 6.07 Å². The van der Waals surface area contributed by atoms with Crippen LogP contribution in [0.5, 0.6) is 0 Å². The lowest BCUT2D eigenvalue weighted by Gasteiger charge is -1.95. The Morgan fingerprint density at radius 3 is 3.25 bits per heavy atom. The summed E-state index contributed by atoms with van der Waals surface area (Å²) in [5, 5.41) is 14.5. The summed E-state index contributed by atoms with van der Waals surface area (Å²) in [4.78, 5) is 11.0. The topological polar surface area (TPSA) is 78.8 Å². The first-order chi connectivity index (χ1) is 5.79. The van der Waals surface area contributed by atoms with Crippen molar-refractivity contribution in [1.29, 1.82) is 5.26 Å². The summed E-state index contributed by atoms with van der Waals surface area (Å²) >= 11 is 0. The number of nitrogens with zero attached hydrogens (tertiary/aromatic N) is 2. The molecule has 0 saturated heterocycles. The van der Waals surface area contributed by atoms with Crippen LogP contribution in [0.15, 0.2) is 6.20 Å². The second-order valence-electron chi connectivity index (χ2n) is 2.09. The molecule has 0 bridgehead atoms. The number of ether oxygens (including phenoxy) is 1. The highest BCUT2D eigenvalue weighted by Gasteiger charge is 2.12. The molecule has 1 heterocycles. The first-order valence-electron chi connectivity index (χ1n) is 3.27. The number of aromatic nitrogens is 2. The lowest BCUT2D eigenvalue weighted by atomic mass is 10.2. The van der Waals surface area contributed by atoms with Crippen LogP contribution in [-0.2, 0) is 11.2 Å². The number of nitrogens with one attached hydrogen (secondary N) is 1. The number of hydrogen-bond donors (Lipinski definition) is 1. The predicted octanol–water partition coefficient (Wildman–Crippen LogP) is 0.262. The van der Waals surface area contributed by atoms with Crippen LogP contribution < -0.4 is 0 Å². The largest absolute Gasteiger partial charge is 0.465 e. The third kappa shape index (κ3) is 1.42. The van der Waals surface area contributed by atoms with Gasteiger partial charge in [-0.25, -0.2) is 4.79 Å². The average Bonchev–Trinajstić information content (AvgIpc) is 2.52. The Kier molecular flexibility index (Phi) is 2.43. The van der Waals surface area contributed by atoms with Crippen LogP contribution >= 0.6 is 0 Å². The molecule has 62 valence electrons. The Balaban J connectivity index is 2.92. The molecule has 0 aliphatic heterocycles. The molecule has 0 fully saturated rings. The van der Waals surface area contributed by atoms with Gasteiger partial charge in [-0.3, -0.25) is 5.10 Å². The lowest BCUT2D eigenvalue weighted by molar-refractivity contribution is 0.0600. The van der Waals surface area contributed by atoms with Crippen LogP contribution in [0.4, 0.5) is 0 Å². The van der Waals surface area contributed by atoms with Gasteiger partial charge in [0.15, 0.2) is 0 Å². The van der Waals surface area contributed by atoms with E-state index >= 15 is 0 Å². The summed E-state index contributed by atoms with van der Waals surface area (Å²) in [5.74, 6) is -0.478. The summed E-state index contributed by atoms with van der Waals surface area (Å²) in [6, 6.07) is 1.91. The van der Waals surface area contributed by atoms with Crippen LogP contribution in [0.2, 0.25) is 0 Å². The van der Waals surface area contributed by atoms with E-state index in [0.717, 1.165) is 0 Å². The van der Waals surface area contributed by atoms with Gasteiger partial charge in [0.2, 0.25) is 0 Å². The third-order valence-electron chi connectivity index (χ3n) is 1.38. The molecule has 5 heteroatoms. The van der Waals surface area contributed by atoms with Crippen molar-refractivity contribution in [3.05, 3.63) is 17.5 Å². The van der Waals surface area contributed by atoms with E-state index in [1.807, 2.05) is 6.07 Å². The minimum atomic E-state index is -0.478. The Labute approximate surface area is 69.0 Å². The highest BCUT2D eigenvalue weighted by Crippen LogP contribution is 2.05. The molecule has 0 aromatic carbocycles. The van der Waals surface area contributed by atoms with E-state index in [4.69, 9.17) is 5.26 Å². The molecular formula is C7H7N3O2. The van der Waals surface area contributed by atoms with Crippen molar-refractivity contribution in [2.75, 3.05) is 7.11 Å². The van der Waals surface area contributed by atoms with E-state index in [9.17, 15) is 4.79 Å². The second-order valence-corrected chi connectivity index (χ2v) is 2.09. The molecule has 1 aromatic heterocycles. The van der Waals surface area contributed by atoms with Crippen molar-refractivity contribution >= 4 is 5.97 Å². The maximum Gasteiger partial charge on any atom is 0.341 e. The zero-order valence-corrected chi connectivity index (χ0v) is 6.50. The van der Waals surface area contributed by atoms with Gasteiger partial charge in [-0.1, -0.05) is 0 Å². The molecule has 1 rings (SSSR count). The van der Waals surface area contributed by atoms with Gasteiger partial charge in [0, 0.05) is 0 Å². The first kappa shape index (κ1) is 8.27. The van der Waals surface area contributed by atoms with Gasteiger partial charge < -0.3 is 4.74 Å². The SMILES string of the molecule is COC(=O)c1cn[nH]c1CC#N. The highest BCUT2D eigenvalue weighted by molar-refractivity contribution is 5.90. The first-order valence-corrected chi connectivity index (χ1v) is 3.27. The van der Waals surface area contributed by atoms with E-state index in [1.54, 1.807) is 0 Å². The number of H-pyrrole nitrogens is 1. The van der Waals surface area contributed by atoms with Crippen molar-refractivity contribution in [2.45, 2.75) is 6.42 Å². The number of rotatable bonds is 2. The fourth-order valence-corrected chi connectivity index (χ4v) is 0.813. The summed E-state index contributed by atoms with van der Waals surface area (Å²) in [5.41, 5.74) is 0.809. The van der Waals surface area contributed by atoms with Gasteiger partial charge in [0.25, 0.3) is 0 Å². The normalized spacial score (nSPS) is 9.00. The summed E-state index contributed by atoms with van der Waals surface area (Å²) in [7, 11) is 1.28. The Morgan fingerprint density at radius 1 is 1.92 bits per heavy atom. The highest BCUT2D eigenvalue weighted by atomic mass is 16.5. The molecule has 0 saturated carbocycles. The minimum Gasteiger partial charge on any atom is -0.465 e. The Hall–Kier alpha value is -1.83. The number of nitriles is 1. The fraction of sp³-hybridized carbons (Fsp3) is 0.286. The van der Waals surface area contributed by atoms with Gasteiger partial charge in [-0.15, -0.1) is 0 Å². The van der Waals surface area contributed by atoms with Crippen LogP contribution in [0, 0.1) is 11.3 Å². The summed E-state index contributed by atoms with van der Waals surface area (Å²) in [6.45, 7) is 0. The van der Waals surface area contributed by atoms with Crippen LogP contribution in [0.1, 0.15) is 16.1 Å². The zero-order valence-electron chi connectivity index (χ0n) is 6.50. The molecule has 12 heavy (non-hydrogen) atoms.